The summed E-state index contributed by atoms with van der Waals surface area (Å²) >= 11 is 0. The Labute approximate surface area is 170 Å². The first kappa shape index (κ1) is 19.7. The van der Waals surface area contributed by atoms with Crippen LogP contribution in [0.2, 0.25) is 0 Å². The highest BCUT2D eigenvalue weighted by Gasteiger charge is 2.27. The van der Waals surface area contributed by atoms with E-state index in [1.165, 1.54) is 0 Å². The maximum atomic E-state index is 12.6. The number of fused-ring (bicyclic) bond motifs is 1. The lowest BCUT2D eigenvalue weighted by molar-refractivity contribution is 0.0276. The molecule has 2 aromatic rings. The normalized spacial score (nSPS) is 17.5. The molecule has 0 unspecified atom stereocenters. The summed E-state index contributed by atoms with van der Waals surface area (Å²) in [6, 6.07) is 6.00. The van der Waals surface area contributed by atoms with Gasteiger partial charge in [0.25, 0.3) is 5.89 Å². The lowest BCUT2D eigenvalue weighted by atomic mass is 10.2. The molecule has 1 aromatic carbocycles. The zero-order chi connectivity index (χ0) is 20.2. The van der Waals surface area contributed by atoms with Crippen LogP contribution in [0.4, 0.5) is 0 Å². The van der Waals surface area contributed by atoms with E-state index in [1.807, 2.05) is 12.1 Å². The summed E-state index contributed by atoms with van der Waals surface area (Å²) in [6.45, 7) is 4.83. The smallest absolute Gasteiger partial charge is 0.309 e. The van der Waals surface area contributed by atoms with E-state index < -0.39 is 0 Å². The molecule has 0 spiro atoms. The summed E-state index contributed by atoms with van der Waals surface area (Å²) in [5.41, 5.74) is 2.06. The number of aromatic nitrogens is 1. The van der Waals surface area contributed by atoms with Crippen molar-refractivity contribution in [3.8, 4) is 11.5 Å². The third-order valence-electron chi connectivity index (χ3n) is 5.43. The average Bonchev–Trinajstić information content (AvgIpc) is 3.09. The molecule has 8 nitrogen and oxygen atoms in total. The molecule has 1 aromatic heterocycles. The standard InChI is InChI=1S/C21H27N3O5/c1-26-18-4-3-15(13-19(18)27-2)14-23-7-5-16-17(6-8-23)29-20(22-16)21(25)24-9-11-28-12-10-24/h3-4,13H,5-12,14H2,1-2H3. The van der Waals surface area contributed by atoms with Crippen LogP contribution in [0, 0.1) is 0 Å². The highest BCUT2D eigenvalue weighted by atomic mass is 16.5. The Kier molecular flexibility index (Phi) is 6.01. The van der Waals surface area contributed by atoms with E-state index in [2.05, 4.69) is 16.0 Å². The summed E-state index contributed by atoms with van der Waals surface area (Å²) in [6.07, 6.45) is 1.51. The highest BCUT2D eigenvalue weighted by molar-refractivity contribution is 5.89. The number of rotatable bonds is 5. The number of morpholine rings is 1. The predicted molar refractivity (Wildman–Crippen MR) is 105 cm³/mol. The van der Waals surface area contributed by atoms with Crippen molar-refractivity contribution < 1.29 is 23.4 Å². The second-order valence-corrected chi connectivity index (χ2v) is 7.26. The maximum Gasteiger partial charge on any atom is 0.309 e. The molecule has 0 N–H and O–H groups in total. The number of nitrogens with zero attached hydrogens (tertiary/aromatic N) is 3. The van der Waals surface area contributed by atoms with Gasteiger partial charge in [0, 0.05) is 45.6 Å². The van der Waals surface area contributed by atoms with Crippen LogP contribution in [-0.4, -0.2) is 74.3 Å². The Hall–Kier alpha value is -2.58. The van der Waals surface area contributed by atoms with E-state index in [9.17, 15) is 4.79 Å². The third-order valence-corrected chi connectivity index (χ3v) is 5.43. The van der Waals surface area contributed by atoms with Crippen molar-refractivity contribution >= 4 is 5.91 Å². The summed E-state index contributed by atoms with van der Waals surface area (Å²) in [5, 5.41) is 0. The Morgan fingerprint density at radius 3 is 2.59 bits per heavy atom. The van der Waals surface area contributed by atoms with E-state index in [0.29, 0.717) is 26.3 Å². The molecule has 0 bridgehead atoms. The Morgan fingerprint density at radius 2 is 1.83 bits per heavy atom. The molecule has 4 rings (SSSR count). The van der Waals surface area contributed by atoms with Gasteiger partial charge >= 0.3 is 5.91 Å². The van der Waals surface area contributed by atoms with Gasteiger partial charge in [-0.05, 0) is 17.7 Å². The van der Waals surface area contributed by atoms with E-state index in [-0.39, 0.29) is 11.8 Å². The van der Waals surface area contributed by atoms with Crippen LogP contribution in [0.3, 0.4) is 0 Å². The molecule has 2 aliphatic rings. The van der Waals surface area contributed by atoms with Crippen LogP contribution >= 0.6 is 0 Å². The molecule has 3 heterocycles. The topological polar surface area (TPSA) is 77.3 Å². The number of carbonyl (C=O) groups excluding carboxylic acids is 1. The van der Waals surface area contributed by atoms with Crippen molar-refractivity contribution in [2.24, 2.45) is 0 Å². The molecule has 29 heavy (non-hydrogen) atoms. The average molecular weight is 401 g/mol. The Bertz CT molecular complexity index is 834. The van der Waals surface area contributed by atoms with Gasteiger partial charge in [0.15, 0.2) is 11.5 Å². The third kappa shape index (κ3) is 4.38. The molecule has 0 saturated carbocycles. The zero-order valence-corrected chi connectivity index (χ0v) is 17.0. The van der Waals surface area contributed by atoms with Crippen LogP contribution in [0.25, 0.3) is 0 Å². The molecular weight excluding hydrogens is 374 g/mol. The summed E-state index contributed by atoms with van der Waals surface area (Å²) < 4.78 is 21.9. The quantitative estimate of drug-likeness (QED) is 0.756. The largest absolute Gasteiger partial charge is 0.493 e. The summed E-state index contributed by atoms with van der Waals surface area (Å²) in [7, 11) is 3.28. The van der Waals surface area contributed by atoms with Gasteiger partial charge in [-0.25, -0.2) is 4.98 Å². The van der Waals surface area contributed by atoms with E-state index in [0.717, 1.165) is 61.0 Å². The monoisotopic (exact) mass is 401 g/mol. The first-order valence-corrected chi connectivity index (χ1v) is 9.97. The number of methoxy groups -OCH3 is 2. The molecule has 0 aliphatic carbocycles. The number of benzene rings is 1. The van der Waals surface area contributed by atoms with Crippen molar-refractivity contribution in [2.45, 2.75) is 19.4 Å². The van der Waals surface area contributed by atoms with Crippen LogP contribution in [-0.2, 0) is 24.1 Å². The van der Waals surface area contributed by atoms with Crippen LogP contribution < -0.4 is 9.47 Å². The summed E-state index contributed by atoms with van der Waals surface area (Å²) in [4.78, 5) is 21.2. The Balaban J connectivity index is 1.39. The minimum Gasteiger partial charge on any atom is -0.493 e. The maximum absolute atomic E-state index is 12.6. The van der Waals surface area contributed by atoms with Crippen LogP contribution in [0.5, 0.6) is 11.5 Å². The molecule has 8 heteroatoms. The van der Waals surface area contributed by atoms with Crippen LogP contribution in [0.15, 0.2) is 22.6 Å². The molecule has 1 saturated heterocycles. The van der Waals surface area contributed by atoms with E-state index in [1.54, 1.807) is 19.1 Å². The molecular formula is C21H27N3O5. The minimum atomic E-state index is -0.136. The first-order chi connectivity index (χ1) is 14.2. The van der Waals surface area contributed by atoms with Crippen molar-refractivity contribution in [3.05, 3.63) is 41.1 Å². The van der Waals surface area contributed by atoms with Gasteiger partial charge in [0.1, 0.15) is 5.76 Å². The SMILES string of the molecule is COc1ccc(CN2CCc3nc(C(=O)N4CCOCC4)oc3CC2)cc1OC. The van der Waals surface area contributed by atoms with Gasteiger partial charge in [0.2, 0.25) is 0 Å². The van der Waals surface area contributed by atoms with Gasteiger partial charge in [-0.1, -0.05) is 6.07 Å². The molecule has 2 aliphatic heterocycles. The number of ether oxygens (including phenoxy) is 3. The molecule has 1 amide bonds. The van der Waals surface area contributed by atoms with Gasteiger partial charge < -0.3 is 23.5 Å². The highest BCUT2D eigenvalue weighted by Crippen LogP contribution is 2.28. The molecule has 0 radical (unpaired) electrons. The minimum absolute atomic E-state index is 0.136. The fourth-order valence-electron chi connectivity index (χ4n) is 3.80. The second kappa shape index (κ2) is 8.84. The number of hydrogen-bond donors (Lipinski definition) is 0. The molecule has 0 atom stereocenters. The van der Waals surface area contributed by atoms with Crippen molar-refractivity contribution in [1.29, 1.82) is 0 Å². The fourth-order valence-corrected chi connectivity index (χ4v) is 3.80. The van der Waals surface area contributed by atoms with Crippen molar-refractivity contribution in [2.75, 3.05) is 53.6 Å². The number of oxazole rings is 1. The van der Waals surface area contributed by atoms with Gasteiger partial charge in [-0.3, -0.25) is 9.69 Å². The van der Waals surface area contributed by atoms with Gasteiger partial charge in [-0.15, -0.1) is 0 Å². The Morgan fingerprint density at radius 1 is 1.07 bits per heavy atom. The fraction of sp³-hybridized carbons (Fsp3) is 0.524. The second-order valence-electron chi connectivity index (χ2n) is 7.26. The van der Waals surface area contributed by atoms with E-state index >= 15 is 0 Å². The zero-order valence-electron chi connectivity index (χ0n) is 17.0. The van der Waals surface area contributed by atoms with E-state index in [4.69, 9.17) is 18.6 Å². The number of hydrogen-bond acceptors (Lipinski definition) is 7. The van der Waals surface area contributed by atoms with Crippen LogP contribution in [0.1, 0.15) is 27.7 Å². The predicted octanol–water partition coefficient (Wildman–Crippen LogP) is 1.76. The van der Waals surface area contributed by atoms with Crippen molar-refractivity contribution in [3.63, 3.8) is 0 Å². The van der Waals surface area contributed by atoms with Gasteiger partial charge in [-0.2, -0.15) is 0 Å². The molecule has 156 valence electrons. The lowest BCUT2D eigenvalue weighted by Gasteiger charge is -2.25. The van der Waals surface area contributed by atoms with Crippen molar-refractivity contribution in [1.82, 2.24) is 14.8 Å². The number of carbonyl (C=O) groups is 1. The molecule has 1 fully saturated rings. The summed E-state index contributed by atoms with van der Waals surface area (Å²) in [5.74, 6) is 2.37. The number of amides is 1. The van der Waals surface area contributed by atoms with Gasteiger partial charge in [0.05, 0.1) is 33.1 Å². The first-order valence-electron chi connectivity index (χ1n) is 9.97. The lowest BCUT2D eigenvalue weighted by Crippen LogP contribution is -2.40.